The molecule has 0 radical (unpaired) electrons. The molecule has 0 bridgehead atoms. The molecule has 0 saturated carbocycles. The van der Waals surface area contributed by atoms with Gasteiger partial charge in [0.1, 0.15) is 11.5 Å². The van der Waals surface area contributed by atoms with Gasteiger partial charge in [0.2, 0.25) is 0 Å². The number of nitrogens with zero attached hydrogens (tertiary/aromatic N) is 3. The van der Waals surface area contributed by atoms with Gasteiger partial charge in [-0.3, -0.25) is 9.98 Å². The van der Waals surface area contributed by atoms with Gasteiger partial charge in [-0.25, -0.2) is 0 Å². The Morgan fingerprint density at radius 1 is 0.893 bits per heavy atom. The monoisotopic (exact) mass is 376 g/mol. The van der Waals surface area contributed by atoms with E-state index in [0.717, 1.165) is 40.3 Å². The average molecular weight is 376 g/mol. The average Bonchev–Trinajstić information content (AvgIpc) is 3.27. The van der Waals surface area contributed by atoms with Crippen LogP contribution in [-0.2, 0) is 0 Å². The lowest BCUT2D eigenvalue weighted by Gasteiger charge is -2.11. The normalized spacial score (nSPS) is 15.6. The van der Waals surface area contributed by atoms with E-state index >= 15 is 0 Å². The third-order valence-corrected chi connectivity index (χ3v) is 5.20. The molecule has 2 aromatic carbocycles. The van der Waals surface area contributed by atoms with Gasteiger partial charge in [-0.05, 0) is 68.9 Å². The first-order valence-corrected chi connectivity index (χ1v) is 9.39. The first-order valence-electron chi connectivity index (χ1n) is 9.39. The zero-order valence-corrected chi connectivity index (χ0v) is 16.1. The molecule has 144 valence electrons. The Labute approximate surface area is 163 Å². The topological polar surface area (TPSA) is 94.4 Å². The number of phenols is 2. The smallest absolute Gasteiger partial charge is 0.133 e. The van der Waals surface area contributed by atoms with Crippen LogP contribution < -0.4 is 16.4 Å². The van der Waals surface area contributed by atoms with E-state index in [1.54, 1.807) is 18.3 Å². The van der Waals surface area contributed by atoms with E-state index in [1.165, 1.54) is 0 Å². The summed E-state index contributed by atoms with van der Waals surface area (Å²) in [6.45, 7) is 1.36. The van der Waals surface area contributed by atoms with Gasteiger partial charge < -0.3 is 20.8 Å². The highest BCUT2D eigenvalue weighted by Crippen LogP contribution is 2.30. The lowest BCUT2D eigenvalue weighted by Crippen LogP contribution is -2.14. The van der Waals surface area contributed by atoms with Crippen molar-refractivity contribution in [3.8, 4) is 11.5 Å². The molecule has 2 aliphatic heterocycles. The number of aromatic hydroxyl groups is 2. The highest BCUT2D eigenvalue weighted by atomic mass is 16.3. The Kier molecular flexibility index (Phi) is 4.75. The highest BCUT2D eigenvalue weighted by Gasteiger charge is 2.18. The number of nitrogens with two attached hydrogens (primary N) is 1. The molecular weight excluding hydrogens is 352 g/mol. The van der Waals surface area contributed by atoms with Crippen LogP contribution in [0.1, 0.15) is 24.0 Å². The summed E-state index contributed by atoms with van der Waals surface area (Å²) in [6, 6.07) is 7.24. The molecule has 6 heteroatoms. The summed E-state index contributed by atoms with van der Waals surface area (Å²) >= 11 is 0. The molecular formula is C22H24N4O2. The van der Waals surface area contributed by atoms with Crippen LogP contribution in [0, 0.1) is 10.4 Å². The highest BCUT2D eigenvalue weighted by molar-refractivity contribution is 5.74. The first kappa shape index (κ1) is 18.4. The van der Waals surface area contributed by atoms with Gasteiger partial charge in [-0.2, -0.15) is 0 Å². The fraction of sp³-hybridized carbons (Fsp3) is 0.273. The van der Waals surface area contributed by atoms with Crippen molar-refractivity contribution in [1.29, 1.82) is 0 Å². The largest absolute Gasteiger partial charge is 0.507 e. The van der Waals surface area contributed by atoms with E-state index in [1.807, 2.05) is 32.4 Å². The number of phenolic OH excluding ortho intramolecular Hbond substituents is 2. The zero-order chi connectivity index (χ0) is 19.8. The Hall–Kier alpha value is -2.96. The lowest BCUT2D eigenvalue weighted by molar-refractivity contribution is 0.419. The minimum Gasteiger partial charge on any atom is -0.507 e. The fourth-order valence-corrected chi connectivity index (χ4v) is 3.77. The molecule has 28 heavy (non-hydrogen) atoms. The predicted octanol–water partition coefficient (Wildman–Crippen LogP) is 1.63. The summed E-state index contributed by atoms with van der Waals surface area (Å²) in [6.07, 6.45) is 5.04. The Bertz CT molecular complexity index is 1230. The molecule has 0 unspecified atom stereocenters. The maximum atomic E-state index is 11.1. The molecule has 2 heterocycles. The van der Waals surface area contributed by atoms with Gasteiger partial charge in [0, 0.05) is 40.5 Å². The third-order valence-electron chi connectivity index (χ3n) is 5.20. The Balaban J connectivity index is 1.94. The second kappa shape index (κ2) is 7.22. The molecule has 0 amide bonds. The van der Waals surface area contributed by atoms with Crippen LogP contribution in [-0.4, -0.2) is 42.3 Å². The molecule has 0 aliphatic carbocycles. The van der Waals surface area contributed by atoms with Crippen LogP contribution in [0.3, 0.4) is 0 Å². The van der Waals surface area contributed by atoms with Crippen LogP contribution in [0.2, 0.25) is 0 Å². The minimum atomic E-state index is 0.182. The molecule has 6 nitrogen and oxygen atoms in total. The summed E-state index contributed by atoms with van der Waals surface area (Å²) in [4.78, 5) is 11.1. The molecule has 0 aromatic heterocycles. The third kappa shape index (κ3) is 3.00. The summed E-state index contributed by atoms with van der Waals surface area (Å²) in [7, 11) is 4.05. The van der Waals surface area contributed by atoms with Gasteiger partial charge in [0.15, 0.2) is 0 Å². The first-order chi connectivity index (χ1) is 13.5. The van der Waals surface area contributed by atoms with Crippen LogP contribution in [0.4, 0.5) is 0 Å². The summed E-state index contributed by atoms with van der Waals surface area (Å²) in [5, 5.41) is 24.4. The van der Waals surface area contributed by atoms with Gasteiger partial charge in [0.05, 0.1) is 10.7 Å². The number of fused-ring (bicyclic) bond motifs is 2. The maximum absolute atomic E-state index is 11.1. The van der Waals surface area contributed by atoms with Crippen molar-refractivity contribution in [3.63, 3.8) is 0 Å². The minimum absolute atomic E-state index is 0.182. The van der Waals surface area contributed by atoms with E-state index in [4.69, 9.17) is 5.73 Å². The van der Waals surface area contributed by atoms with Crippen molar-refractivity contribution >= 4 is 11.1 Å². The second-order valence-corrected chi connectivity index (χ2v) is 7.37. The van der Waals surface area contributed by atoms with Crippen molar-refractivity contribution in [2.45, 2.75) is 12.8 Å². The van der Waals surface area contributed by atoms with E-state index < -0.39 is 0 Å². The second-order valence-electron chi connectivity index (χ2n) is 7.37. The van der Waals surface area contributed by atoms with Crippen molar-refractivity contribution < 1.29 is 10.2 Å². The molecule has 0 fully saturated rings. The van der Waals surface area contributed by atoms with Gasteiger partial charge in [-0.1, -0.05) is 0 Å². The Morgan fingerprint density at radius 2 is 1.61 bits per heavy atom. The summed E-state index contributed by atoms with van der Waals surface area (Å²) in [5.74, 6) is 0.390. The number of hydrogen-bond acceptors (Lipinski definition) is 6. The standard InChI is InChI=1S/C22H24N4O2/c1-26(2)10-8-14-11-24-17-5-3-16(22(28)19(14)17)15-4-6-18(27)20-13(7-9-23)12-25-21(15)20/h3-6,11-12,27-28H,7-10,23H2,1-2H3. The van der Waals surface area contributed by atoms with E-state index in [2.05, 4.69) is 14.9 Å². The van der Waals surface area contributed by atoms with Gasteiger partial charge >= 0.3 is 0 Å². The Morgan fingerprint density at radius 3 is 2.36 bits per heavy atom. The van der Waals surface area contributed by atoms with Gasteiger partial charge in [-0.15, -0.1) is 0 Å². The predicted molar refractivity (Wildman–Crippen MR) is 109 cm³/mol. The molecule has 4 N–H and O–H groups in total. The fourth-order valence-electron chi connectivity index (χ4n) is 3.77. The molecule has 4 rings (SSSR count). The molecule has 0 spiro atoms. The van der Waals surface area contributed by atoms with E-state index in [0.29, 0.717) is 29.1 Å². The quantitative estimate of drug-likeness (QED) is 0.739. The molecule has 2 aromatic rings. The van der Waals surface area contributed by atoms with Crippen molar-refractivity contribution in [1.82, 2.24) is 4.90 Å². The van der Waals surface area contributed by atoms with Crippen LogP contribution in [0.15, 0.2) is 46.7 Å². The molecule has 0 atom stereocenters. The lowest BCUT2D eigenvalue weighted by atomic mass is 9.99. The summed E-state index contributed by atoms with van der Waals surface area (Å²) in [5.41, 5.74) is 9.12. The van der Waals surface area contributed by atoms with Gasteiger partial charge in [0.25, 0.3) is 0 Å². The summed E-state index contributed by atoms with van der Waals surface area (Å²) < 4.78 is 0. The van der Waals surface area contributed by atoms with Crippen LogP contribution in [0.5, 0.6) is 11.5 Å². The number of benzene rings is 2. The van der Waals surface area contributed by atoms with E-state index in [9.17, 15) is 10.2 Å². The van der Waals surface area contributed by atoms with E-state index in [-0.39, 0.29) is 11.5 Å². The maximum Gasteiger partial charge on any atom is 0.133 e. The zero-order valence-electron chi connectivity index (χ0n) is 16.1. The van der Waals surface area contributed by atoms with Crippen LogP contribution >= 0.6 is 0 Å². The van der Waals surface area contributed by atoms with Crippen molar-refractivity contribution in [2.75, 3.05) is 27.2 Å². The SMILES string of the molecule is CN(C)CCC1=CN=c2ccc(=c3ccc(O)c4c3=NC=C4CCN)c(O)c21. The number of hydrogen-bond donors (Lipinski definition) is 3. The van der Waals surface area contributed by atoms with Crippen LogP contribution in [0.25, 0.3) is 11.1 Å². The molecule has 0 saturated heterocycles. The molecule has 2 aliphatic rings. The van der Waals surface area contributed by atoms with Crippen molar-refractivity contribution in [3.05, 3.63) is 68.9 Å². The van der Waals surface area contributed by atoms with Crippen molar-refractivity contribution in [2.24, 2.45) is 15.7 Å². The number of rotatable bonds is 5.